The van der Waals surface area contributed by atoms with Gasteiger partial charge in [0.1, 0.15) is 11.6 Å². The normalized spacial score (nSPS) is 11.2. The average Bonchev–Trinajstić information content (AvgIpc) is 2.83. The largest absolute Gasteiger partial charge is 0.337 e. The first-order valence-corrected chi connectivity index (χ1v) is 6.30. The van der Waals surface area contributed by atoms with Crippen LogP contribution in [0, 0.1) is 12.7 Å². The number of nitrogens with one attached hydrogen (secondary N) is 1. The van der Waals surface area contributed by atoms with Crippen molar-refractivity contribution in [3.63, 3.8) is 0 Å². The molecule has 2 nitrogen and oxygen atoms in total. The molecule has 0 aliphatic heterocycles. The molecule has 17 heavy (non-hydrogen) atoms. The number of rotatable bonds is 1. The van der Waals surface area contributed by atoms with Crippen molar-refractivity contribution in [1.82, 2.24) is 9.97 Å². The van der Waals surface area contributed by atoms with Gasteiger partial charge in [-0.05, 0) is 36.1 Å². The van der Waals surface area contributed by atoms with E-state index < -0.39 is 0 Å². The Bertz CT molecular complexity index is 702. The van der Waals surface area contributed by atoms with Crippen LogP contribution in [0.15, 0.2) is 23.6 Å². The number of aryl methyl sites for hydroxylation is 1. The molecule has 0 spiro atoms. The summed E-state index contributed by atoms with van der Waals surface area (Å²) in [4.78, 5) is 8.37. The number of aromatic amines is 1. The predicted molar refractivity (Wildman–Crippen MR) is 69.1 cm³/mol. The molecule has 0 saturated carbocycles. The zero-order valence-corrected chi connectivity index (χ0v) is 10.5. The SMILES string of the molecule is Cc1csc(-c2nc3ccc(F)cc3[nH]2)c1Cl. The number of thiophene rings is 1. The lowest BCUT2D eigenvalue weighted by molar-refractivity contribution is 0.629. The molecular weight excluding hydrogens is 259 g/mol. The molecule has 0 saturated heterocycles. The second kappa shape index (κ2) is 3.82. The highest BCUT2D eigenvalue weighted by Gasteiger charge is 2.12. The molecular formula is C12H8ClFN2S. The quantitative estimate of drug-likeness (QED) is 0.695. The van der Waals surface area contributed by atoms with E-state index in [1.807, 2.05) is 12.3 Å². The lowest BCUT2D eigenvalue weighted by Gasteiger charge is -1.92. The van der Waals surface area contributed by atoms with Crippen molar-refractivity contribution in [2.24, 2.45) is 0 Å². The summed E-state index contributed by atoms with van der Waals surface area (Å²) < 4.78 is 13.1. The Balaban J connectivity index is 2.21. The van der Waals surface area contributed by atoms with Gasteiger partial charge in [0.2, 0.25) is 0 Å². The molecule has 0 atom stereocenters. The van der Waals surface area contributed by atoms with E-state index in [0.717, 1.165) is 16.0 Å². The van der Waals surface area contributed by atoms with Gasteiger partial charge >= 0.3 is 0 Å². The van der Waals surface area contributed by atoms with Crippen LogP contribution in [-0.4, -0.2) is 9.97 Å². The number of hydrogen-bond donors (Lipinski definition) is 1. The van der Waals surface area contributed by atoms with E-state index in [0.29, 0.717) is 16.4 Å². The minimum atomic E-state index is -0.277. The molecule has 3 aromatic rings. The molecule has 0 fully saturated rings. The first-order valence-electron chi connectivity index (χ1n) is 5.04. The number of nitrogens with zero attached hydrogens (tertiary/aromatic N) is 1. The first kappa shape index (κ1) is 10.7. The number of benzene rings is 1. The Hall–Kier alpha value is -1.39. The van der Waals surface area contributed by atoms with Gasteiger partial charge in [0.05, 0.1) is 20.9 Å². The van der Waals surface area contributed by atoms with Gasteiger partial charge in [-0.25, -0.2) is 9.37 Å². The molecule has 1 N–H and O–H groups in total. The maximum atomic E-state index is 13.1. The third-order valence-electron chi connectivity index (χ3n) is 2.56. The molecule has 2 heterocycles. The van der Waals surface area contributed by atoms with E-state index in [1.165, 1.54) is 23.5 Å². The van der Waals surface area contributed by atoms with Crippen LogP contribution in [0.2, 0.25) is 5.02 Å². The van der Waals surface area contributed by atoms with Gasteiger partial charge in [0.15, 0.2) is 0 Å². The minimum Gasteiger partial charge on any atom is -0.337 e. The molecule has 0 amide bonds. The predicted octanol–water partition coefficient (Wildman–Crippen LogP) is 4.39. The van der Waals surface area contributed by atoms with Crippen LogP contribution in [0.4, 0.5) is 4.39 Å². The smallest absolute Gasteiger partial charge is 0.150 e. The van der Waals surface area contributed by atoms with Crippen molar-refractivity contribution in [2.45, 2.75) is 6.92 Å². The van der Waals surface area contributed by atoms with Crippen molar-refractivity contribution in [1.29, 1.82) is 0 Å². The molecule has 0 unspecified atom stereocenters. The summed E-state index contributed by atoms with van der Waals surface area (Å²) in [6.07, 6.45) is 0. The Morgan fingerprint density at radius 3 is 2.94 bits per heavy atom. The summed E-state index contributed by atoms with van der Waals surface area (Å²) in [5.74, 6) is 0.412. The second-order valence-electron chi connectivity index (χ2n) is 3.81. The van der Waals surface area contributed by atoms with Crippen LogP contribution in [0.5, 0.6) is 0 Å². The van der Waals surface area contributed by atoms with Gasteiger partial charge in [-0.1, -0.05) is 11.6 Å². The summed E-state index contributed by atoms with van der Waals surface area (Å²) in [7, 11) is 0. The Morgan fingerprint density at radius 2 is 2.24 bits per heavy atom. The third kappa shape index (κ3) is 1.73. The zero-order chi connectivity index (χ0) is 12.0. The van der Waals surface area contributed by atoms with Gasteiger partial charge in [-0.2, -0.15) is 0 Å². The fraction of sp³-hybridized carbons (Fsp3) is 0.0833. The molecule has 0 aliphatic rings. The molecule has 3 rings (SSSR count). The van der Waals surface area contributed by atoms with Gasteiger partial charge in [0, 0.05) is 0 Å². The van der Waals surface area contributed by atoms with Crippen molar-refractivity contribution in [2.75, 3.05) is 0 Å². The minimum absolute atomic E-state index is 0.277. The molecule has 1 aromatic carbocycles. The van der Waals surface area contributed by atoms with Crippen LogP contribution in [0.25, 0.3) is 21.7 Å². The highest BCUT2D eigenvalue weighted by atomic mass is 35.5. The van der Waals surface area contributed by atoms with Crippen LogP contribution in [0.3, 0.4) is 0 Å². The topological polar surface area (TPSA) is 28.7 Å². The van der Waals surface area contributed by atoms with E-state index in [1.54, 1.807) is 6.07 Å². The van der Waals surface area contributed by atoms with Gasteiger partial charge in [-0.15, -0.1) is 11.3 Å². The summed E-state index contributed by atoms with van der Waals surface area (Å²) in [5, 5.41) is 2.68. The van der Waals surface area contributed by atoms with E-state index in [9.17, 15) is 4.39 Å². The Kier molecular flexibility index (Phi) is 2.42. The number of aromatic nitrogens is 2. The zero-order valence-electron chi connectivity index (χ0n) is 8.92. The lowest BCUT2D eigenvalue weighted by Crippen LogP contribution is -1.76. The fourth-order valence-electron chi connectivity index (χ4n) is 1.68. The third-order valence-corrected chi connectivity index (χ3v) is 4.26. The Labute approximate surface area is 106 Å². The van der Waals surface area contributed by atoms with Crippen LogP contribution >= 0.6 is 22.9 Å². The second-order valence-corrected chi connectivity index (χ2v) is 5.07. The van der Waals surface area contributed by atoms with E-state index in [-0.39, 0.29) is 5.82 Å². The van der Waals surface area contributed by atoms with E-state index >= 15 is 0 Å². The molecule has 0 aliphatic carbocycles. The maximum absolute atomic E-state index is 13.1. The van der Waals surface area contributed by atoms with Crippen molar-refractivity contribution in [3.8, 4) is 10.7 Å². The van der Waals surface area contributed by atoms with Crippen LogP contribution < -0.4 is 0 Å². The van der Waals surface area contributed by atoms with Crippen molar-refractivity contribution >= 4 is 34.0 Å². The summed E-state index contributed by atoms with van der Waals surface area (Å²) in [6, 6.07) is 4.48. The molecule has 0 bridgehead atoms. The fourth-order valence-corrected chi connectivity index (χ4v) is 2.91. The lowest BCUT2D eigenvalue weighted by atomic mass is 10.3. The van der Waals surface area contributed by atoms with Gasteiger partial charge in [0.25, 0.3) is 0 Å². The van der Waals surface area contributed by atoms with Crippen LogP contribution in [-0.2, 0) is 0 Å². The van der Waals surface area contributed by atoms with E-state index in [4.69, 9.17) is 11.6 Å². The number of halogens is 2. The number of fused-ring (bicyclic) bond motifs is 1. The Morgan fingerprint density at radius 1 is 1.41 bits per heavy atom. The van der Waals surface area contributed by atoms with Crippen LogP contribution in [0.1, 0.15) is 5.56 Å². The van der Waals surface area contributed by atoms with Crippen molar-refractivity contribution in [3.05, 3.63) is 40.0 Å². The number of H-pyrrole nitrogens is 1. The number of hydrogen-bond acceptors (Lipinski definition) is 2. The maximum Gasteiger partial charge on any atom is 0.150 e. The summed E-state index contributed by atoms with van der Waals surface area (Å²) >= 11 is 7.71. The van der Waals surface area contributed by atoms with E-state index in [2.05, 4.69) is 9.97 Å². The average molecular weight is 267 g/mol. The monoisotopic (exact) mass is 266 g/mol. The molecule has 0 radical (unpaired) electrons. The highest BCUT2D eigenvalue weighted by molar-refractivity contribution is 7.14. The molecule has 5 heteroatoms. The number of imidazole rings is 1. The standard InChI is InChI=1S/C12H8ClFN2S/c1-6-5-17-11(10(6)13)12-15-8-3-2-7(14)4-9(8)16-12/h2-5H,1H3,(H,15,16). The van der Waals surface area contributed by atoms with Crippen molar-refractivity contribution < 1.29 is 4.39 Å². The summed E-state index contributed by atoms with van der Waals surface area (Å²) in [6.45, 7) is 1.95. The summed E-state index contributed by atoms with van der Waals surface area (Å²) in [5.41, 5.74) is 2.45. The first-order chi connectivity index (χ1) is 8.15. The van der Waals surface area contributed by atoms with Gasteiger partial charge < -0.3 is 4.98 Å². The molecule has 86 valence electrons. The molecule has 2 aromatic heterocycles. The highest BCUT2D eigenvalue weighted by Crippen LogP contribution is 2.35. The van der Waals surface area contributed by atoms with Gasteiger partial charge in [-0.3, -0.25) is 0 Å².